The maximum Gasteiger partial charge on any atom is 0.194 e. The van der Waals surface area contributed by atoms with Crippen molar-refractivity contribution in [3.05, 3.63) is 29.7 Å². The Hall–Kier alpha value is -2.19. The lowest BCUT2D eigenvalue weighted by atomic mass is 9.98. The van der Waals surface area contributed by atoms with Gasteiger partial charge in [-0.2, -0.15) is 4.98 Å². The number of nitrogens with zero attached hydrogens (tertiary/aromatic N) is 3. The summed E-state index contributed by atoms with van der Waals surface area (Å²) in [5, 5.41) is 23.4. The molecular weight excluding hydrogens is 343 g/mol. The van der Waals surface area contributed by atoms with Crippen LogP contribution in [0.5, 0.6) is 5.75 Å². The summed E-state index contributed by atoms with van der Waals surface area (Å²) in [5.74, 6) is -0.638. The zero-order valence-electron chi connectivity index (χ0n) is 13.9. The van der Waals surface area contributed by atoms with Crippen molar-refractivity contribution < 1.29 is 14.6 Å². The summed E-state index contributed by atoms with van der Waals surface area (Å²) in [7, 11) is 0. The minimum atomic E-state index is -0.481. The first-order valence-electron chi connectivity index (χ1n) is 8.23. The summed E-state index contributed by atoms with van der Waals surface area (Å²) in [6.45, 7) is 1.70. The zero-order chi connectivity index (χ0) is 18.0. The van der Waals surface area contributed by atoms with Gasteiger partial charge in [-0.1, -0.05) is 30.6 Å². The molecule has 25 heavy (non-hydrogen) atoms. The number of aryl methyl sites for hydroxylation is 1. The van der Waals surface area contributed by atoms with Crippen molar-refractivity contribution >= 4 is 26.8 Å². The van der Waals surface area contributed by atoms with Crippen LogP contribution in [0, 0.1) is 12.7 Å². The zero-order valence-corrected chi connectivity index (χ0v) is 14.8. The summed E-state index contributed by atoms with van der Waals surface area (Å²) in [4.78, 5) is 4.04. The van der Waals surface area contributed by atoms with E-state index in [-0.39, 0.29) is 11.9 Å². The van der Waals surface area contributed by atoms with E-state index in [0.717, 1.165) is 23.6 Å². The van der Waals surface area contributed by atoms with Crippen LogP contribution in [0.15, 0.2) is 18.3 Å². The smallest absolute Gasteiger partial charge is 0.194 e. The fraction of sp³-hybridized carbons (Fsp3) is 0.412. The van der Waals surface area contributed by atoms with Crippen molar-refractivity contribution in [1.82, 2.24) is 14.8 Å². The summed E-state index contributed by atoms with van der Waals surface area (Å²) < 4.78 is 15.4. The minimum Gasteiger partial charge on any atom is -0.506 e. The van der Waals surface area contributed by atoms with E-state index in [9.17, 15) is 9.50 Å². The number of rotatable bonds is 1. The van der Waals surface area contributed by atoms with Crippen molar-refractivity contribution in [2.24, 2.45) is 0 Å². The number of thiazole rings is 1. The van der Waals surface area contributed by atoms with E-state index in [1.54, 1.807) is 13.1 Å². The average molecular weight is 364 g/mol. The van der Waals surface area contributed by atoms with Gasteiger partial charge in [-0.3, -0.25) is 0 Å². The van der Waals surface area contributed by atoms with Gasteiger partial charge in [0, 0.05) is 6.07 Å². The van der Waals surface area contributed by atoms with Gasteiger partial charge in [-0.05, 0) is 31.4 Å². The van der Waals surface area contributed by atoms with Crippen molar-refractivity contribution in [2.45, 2.75) is 45.1 Å². The Kier molecular flexibility index (Phi) is 5.19. The highest BCUT2D eigenvalue weighted by Gasteiger charge is 2.13. The molecule has 2 heterocycles. The molecule has 1 aromatic carbocycles. The minimum absolute atomic E-state index is 0.0359. The highest BCUT2D eigenvalue weighted by Crippen LogP contribution is 2.29. The number of phenols is 1. The average Bonchev–Trinajstić information content (AvgIpc) is 3.04. The standard InChI is InChI=1S/C11H9FN4OS.C6H12O/c1-5-2-6(12)3-7(17)9(5)16-4-8-10(15-16)14-11(13)18-8;7-6-4-2-1-3-5-6/h2-4,17H,1H3,(H2,13,14,15);6-7H,1-5H2. The van der Waals surface area contributed by atoms with E-state index in [0.29, 0.717) is 22.0 Å². The van der Waals surface area contributed by atoms with Gasteiger partial charge in [-0.15, -0.1) is 5.10 Å². The third-order valence-electron chi connectivity index (χ3n) is 4.14. The quantitative estimate of drug-likeness (QED) is 0.614. The Morgan fingerprint density at radius 2 is 2.00 bits per heavy atom. The maximum absolute atomic E-state index is 13.1. The predicted octanol–water partition coefficient (Wildman–Crippen LogP) is 3.53. The summed E-state index contributed by atoms with van der Waals surface area (Å²) in [6, 6.07) is 2.40. The second kappa shape index (κ2) is 7.37. The van der Waals surface area contributed by atoms with Gasteiger partial charge in [0.1, 0.15) is 17.3 Å². The van der Waals surface area contributed by atoms with Crippen LogP contribution in [0.25, 0.3) is 16.0 Å². The number of hydrogen-bond donors (Lipinski definition) is 3. The number of aliphatic hydroxyl groups is 1. The molecule has 6 nitrogen and oxygen atoms in total. The van der Waals surface area contributed by atoms with E-state index in [2.05, 4.69) is 10.1 Å². The molecule has 0 bridgehead atoms. The molecule has 1 fully saturated rings. The molecule has 1 saturated carbocycles. The Bertz CT molecular complexity index is 816. The molecule has 0 spiro atoms. The van der Waals surface area contributed by atoms with Gasteiger partial charge in [0.2, 0.25) is 0 Å². The highest BCUT2D eigenvalue weighted by atomic mass is 32.1. The Morgan fingerprint density at radius 3 is 2.56 bits per heavy atom. The van der Waals surface area contributed by atoms with E-state index >= 15 is 0 Å². The third-order valence-corrected chi connectivity index (χ3v) is 4.95. The highest BCUT2D eigenvalue weighted by molar-refractivity contribution is 7.21. The molecule has 0 radical (unpaired) electrons. The molecule has 0 saturated heterocycles. The van der Waals surface area contributed by atoms with Crippen LogP contribution in [0.1, 0.15) is 37.7 Å². The molecule has 0 unspecified atom stereocenters. The molecule has 0 aliphatic heterocycles. The number of aromatic hydroxyl groups is 1. The van der Waals surface area contributed by atoms with Gasteiger partial charge >= 0.3 is 0 Å². The van der Waals surface area contributed by atoms with Gasteiger partial charge in [0.25, 0.3) is 0 Å². The summed E-state index contributed by atoms with van der Waals surface area (Å²) in [6.07, 6.45) is 7.64. The summed E-state index contributed by atoms with van der Waals surface area (Å²) in [5.41, 5.74) is 7.11. The molecule has 8 heteroatoms. The number of nitrogen functional groups attached to an aromatic ring is 1. The molecule has 134 valence electrons. The number of aromatic nitrogens is 3. The van der Waals surface area contributed by atoms with Crippen LogP contribution < -0.4 is 5.73 Å². The molecule has 2 aromatic heterocycles. The molecule has 4 N–H and O–H groups in total. The molecule has 3 aromatic rings. The topological polar surface area (TPSA) is 97.2 Å². The number of benzene rings is 1. The van der Waals surface area contributed by atoms with Crippen LogP contribution >= 0.6 is 11.3 Å². The fourth-order valence-corrected chi connectivity index (χ4v) is 3.64. The number of anilines is 1. The lowest BCUT2D eigenvalue weighted by Crippen LogP contribution is -2.09. The first kappa shape index (κ1) is 17.6. The Balaban J connectivity index is 0.000000219. The second-order valence-electron chi connectivity index (χ2n) is 6.20. The molecule has 0 atom stereocenters. The van der Waals surface area contributed by atoms with Crippen LogP contribution in [-0.2, 0) is 0 Å². The first-order valence-corrected chi connectivity index (χ1v) is 9.05. The predicted molar refractivity (Wildman–Crippen MR) is 96.6 cm³/mol. The van der Waals surface area contributed by atoms with Gasteiger partial charge in [0.15, 0.2) is 10.8 Å². The van der Waals surface area contributed by atoms with Crippen molar-refractivity contribution in [3.63, 3.8) is 0 Å². The van der Waals surface area contributed by atoms with E-state index in [1.165, 1.54) is 41.3 Å². The number of aliphatic hydroxyl groups excluding tert-OH is 1. The van der Waals surface area contributed by atoms with Gasteiger partial charge in [0.05, 0.1) is 17.0 Å². The molecule has 1 aliphatic rings. The van der Waals surface area contributed by atoms with Crippen LogP contribution in [0.2, 0.25) is 0 Å². The van der Waals surface area contributed by atoms with E-state index in [1.807, 2.05) is 0 Å². The van der Waals surface area contributed by atoms with E-state index < -0.39 is 5.82 Å². The van der Waals surface area contributed by atoms with Crippen molar-refractivity contribution in [3.8, 4) is 11.4 Å². The Labute approximate surface area is 148 Å². The third kappa shape index (κ3) is 4.08. The number of nitrogens with two attached hydrogens (primary N) is 1. The first-order chi connectivity index (χ1) is 11.9. The maximum atomic E-state index is 13.1. The molecule has 4 rings (SSSR count). The number of halogens is 1. The lowest BCUT2D eigenvalue weighted by molar-refractivity contribution is 0.130. The lowest BCUT2D eigenvalue weighted by Gasteiger charge is -2.14. The van der Waals surface area contributed by atoms with Crippen molar-refractivity contribution in [1.29, 1.82) is 0 Å². The number of fused-ring (bicyclic) bond motifs is 1. The molecular formula is C17H21FN4O2S. The second-order valence-corrected chi connectivity index (χ2v) is 7.26. The van der Waals surface area contributed by atoms with E-state index in [4.69, 9.17) is 10.8 Å². The van der Waals surface area contributed by atoms with Crippen LogP contribution in [0.4, 0.5) is 9.52 Å². The largest absolute Gasteiger partial charge is 0.506 e. The van der Waals surface area contributed by atoms with Gasteiger partial charge < -0.3 is 15.9 Å². The molecule has 0 amide bonds. The van der Waals surface area contributed by atoms with Crippen molar-refractivity contribution in [2.75, 3.05) is 5.73 Å². The number of hydrogen-bond acceptors (Lipinski definition) is 6. The Morgan fingerprint density at radius 1 is 1.28 bits per heavy atom. The van der Waals surface area contributed by atoms with Crippen LogP contribution in [0.3, 0.4) is 0 Å². The number of phenolic OH excluding ortho intramolecular Hbond substituents is 1. The fourth-order valence-electron chi connectivity index (χ4n) is 2.95. The molecule has 1 aliphatic carbocycles. The van der Waals surface area contributed by atoms with Gasteiger partial charge in [-0.25, -0.2) is 9.07 Å². The SMILES string of the molecule is Cc1cc(F)cc(O)c1-n1cc2sc(N)nc2n1.OC1CCCCC1. The normalized spacial score (nSPS) is 15.2. The van der Waals surface area contributed by atoms with Crippen LogP contribution in [-0.4, -0.2) is 31.1 Å². The monoisotopic (exact) mass is 364 g/mol. The summed E-state index contributed by atoms with van der Waals surface area (Å²) >= 11 is 1.31.